The summed E-state index contributed by atoms with van der Waals surface area (Å²) in [4.78, 5) is 47.2. The fourth-order valence-corrected chi connectivity index (χ4v) is 9.93. The first kappa shape index (κ1) is 27.9. The normalized spacial score (nSPS) is 30.6. The van der Waals surface area contributed by atoms with Gasteiger partial charge in [0.15, 0.2) is 0 Å². The molecule has 37 heavy (non-hydrogen) atoms. The van der Waals surface area contributed by atoms with Gasteiger partial charge in [0.05, 0.1) is 29.2 Å². The monoisotopic (exact) mass is 589 g/mol. The van der Waals surface area contributed by atoms with Crippen molar-refractivity contribution in [3.8, 4) is 0 Å². The van der Waals surface area contributed by atoms with E-state index in [1.807, 2.05) is 37.3 Å². The molecule has 3 unspecified atom stereocenters. The van der Waals surface area contributed by atoms with Crippen LogP contribution in [0.15, 0.2) is 55.6 Å². The first-order valence-corrected chi connectivity index (χ1v) is 14.6. The first-order chi connectivity index (χ1) is 17.7. The minimum absolute atomic E-state index is 0.000869. The van der Waals surface area contributed by atoms with Gasteiger partial charge in [0.2, 0.25) is 17.7 Å². The average Bonchev–Trinajstić information content (AvgIpc) is 3.48. The molecule has 1 aromatic carbocycles. The Morgan fingerprint density at radius 1 is 1.24 bits per heavy atom. The fourth-order valence-electron chi connectivity index (χ4n) is 6.34. The molecule has 3 saturated heterocycles. The number of hydrogen-bond acceptors (Lipinski definition) is 5. The molecule has 9 heteroatoms. The van der Waals surface area contributed by atoms with E-state index in [0.717, 1.165) is 5.56 Å². The molecule has 3 fully saturated rings. The van der Waals surface area contributed by atoms with Crippen LogP contribution >= 0.6 is 27.7 Å². The van der Waals surface area contributed by atoms with Crippen LogP contribution in [-0.2, 0) is 20.9 Å². The van der Waals surface area contributed by atoms with Gasteiger partial charge in [0.1, 0.15) is 6.04 Å². The van der Waals surface area contributed by atoms with E-state index in [1.54, 1.807) is 45.7 Å². The van der Waals surface area contributed by atoms with Crippen LogP contribution in [0.25, 0.3) is 0 Å². The summed E-state index contributed by atoms with van der Waals surface area (Å²) in [5.41, 5.74) is 0.984. The number of carbonyl (C=O) groups is 3. The molecule has 2 bridgehead atoms. The van der Waals surface area contributed by atoms with Crippen LogP contribution in [0, 0.1) is 11.8 Å². The highest BCUT2D eigenvalue weighted by Crippen LogP contribution is 2.68. The van der Waals surface area contributed by atoms with E-state index in [4.69, 9.17) is 0 Å². The summed E-state index contributed by atoms with van der Waals surface area (Å²) in [5, 5.41) is 10.2. The molecule has 3 heterocycles. The lowest BCUT2D eigenvalue weighted by Gasteiger charge is -2.40. The summed E-state index contributed by atoms with van der Waals surface area (Å²) in [5.74, 6) is -1.62. The molecule has 1 aromatic rings. The number of likely N-dealkylation sites (tertiary alicyclic amines) is 1. The highest BCUT2D eigenvalue weighted by Gasteiger charge is 2.76. The predicted molar refractivity (Wildman–Crippen MR) is 150 cm³/mol. The van der Waals surface area contributed by atoms with Crippen molar-refractivity contribution in [2.75, 3.05) is 26.7 Å². The van der Waals surface area contributed by atoms with Crippen molar-refractivity contribution in [2.24, 2.45) is 11.8 Å². The molecule has 200 valence electrons. The van der Waals surface area contributed by atoms with E-state index in [2.05, 4.69) is 29.1 Å². The summed E-state index contributed by atoms with van der Waals surface area (Å²) < 4.78 is -0.749. The van der Waals surface area contributed by atoms with Gasteiger partial charge in [-0.3, -0.25) is 14.4 Å². The maximum absolute atomic E-state index is 14.4. The average molecular weight is 591 g/mol. The number of likely N-dealkylation sites (N-methyl/N-ethyl adjacent to an activating group) is 1. The second-order valence-electron chi connectivity index (χ2n) is 10.2. The van der Waals surface area contributed by atoms with Crippen molar-refractivity contribution in [1.29, 1.82) is 0 Å². The molecular formula is C28H36BrN3O4S. The number of benzene rings is 1. The van der Waals surface area contributed by atoms with E-state index in [0.29, 0.717) is 32.5 Å². The van der Waals surface area contributed by atoms with E-state index in [9.17, 15) is 19.5 Å². The van der Waals surface area contributed by atoms with E-state index < -0.39 is 28.7 Å². The van der Waals surface area contributed by atoms with Crippen molar-refractivity contribution in [2.45, 2.75) is 53.2 Å². The summed E-state index contributed by atoms with van der Waals surface area (Å²) in [7, 11) is 1.73. The molecule has 0 radical (unpaired) electrons. The number of alkyl halides is 1. The van der Waals surface area contributed by atoms with Crippen LogP contribution in [0.3, 0.4) is 0 Å². The molecular weight excluding hydrogens is 554 g/mol. The molecule has 0 aromatic heterocycles. The lowest BCUT2D eigenvalue weighted by atomic mass is 9.70. The van der Waals surface area contributed by atoms with Crippen molar-refractivity contribution < 1.29 is 19.5 Å². The number of carbonyl (C=O) groups excluding carboxylic acids is 3. The van der Waals surface area contributed by atoms with E-state index in [1.165, 1.54) is 0 Å². The number of nitrogens with zero attached hydrogens (tertiary/aromatic N) is 3. The number of aliphatic hydroxyl groups excluding tert-OH is 1. The molecule has 7 atom stereocenters. The van der Waals surface area contributed by atoms with Crippen LogP contribution < -0.4 is 0 Å². The lowest BCUT2D eigenvalue weighted by Crippen LogP contribution is -2.57. The number of halogens is 1. The molecule has 3 amide bonds. The third-order valence-corrected chi connectivity index (χ3v) is 11.2. The van der Waals surface area contributed by atoms with Gasteiger partial charge in [0, 0.05) is 36.8 Å². The highest BCUT2D eigenvalue weighted by atomic mass is 79.9. The molecule has 7 nitrogen and oxygen atoms in total. The largest absolute Gasteiger partial charge is 0.394 e. The number of amides is 3. The standard InChI is InChI=1S/C28H36BrN3O4S/c1-5-13-30(4)25(34)21-22-26(35)32(19(7-3)17-33)24(28(22)15-20(29)23(21)37-28)27(36)31(14-6-2)16-18-11-9-8-10-12-18/h5-6,8-12,19-24,33H,1-2,7,13-17H2,3-4H3/t19-,20?,21-,22-,23-,24?,28?/m0/s1. The molecule has 4 rings (SSSR count). The van der Waals surface area contributed by atoms with Gasteiger partial charge in [0.25, 0.3) is 0 Å². The SMILES string of the molecule is C=CCN(C)C(=O)[C@H]1[C@H]2C(=O)N([C@@H](CC)CO)C(C(=O)N(CC=C)Cc3ccccc3)C23CC(Br)[C@@H]1S3. The third-order valence-electron chi connectivity index (χ3n) is 7.98. The summed E-state index contributed by atoms with van der Waals surface area (Å²) in [6.07, 6.45) is 4.49. The minimum atomic E-state index is -0.775. The lowest BCUT2D eigenvalue weighted by molar-refractivity contribution is -0.147. The van der Waals surface area contributed by atoms with Gasteiger partial charge < -0.3 is 19.8 Å². The zero-order valence-corrected chi connectivity index (χ0v) is 23.9. The van der Waals surface area contributed by atoms with Crippen molar-refractivity contribution >= 4 is 45.4 Å². The predicted octanol–water partition coefficient (Wildman–Crippen LogP) is 3.08. The summed E-state index contributed by atoms with van der Waals surface area (Å²) in [6.45, 7) is 10.4. The topological polar surface area (TPSA) is 81.2 Å². The Hall–Kier alpha value is -2.10. The molecule has 0 aliphatic carbocycles. The minimum Gasteiger partial charge on any atom is -0.394 e. The van der Waals surface area contributed by atoms with Crippen molar-refractivity contribution in [3.63, 3.8) is 0 Å². The van der Waals surface area contributed by atoms with Crippen molar-refractivity contribution in [1.82, 2.24) is 14.7 Å². The maximum Gasteiger partial charge on any atom is 0.247 e. The molecule has 1 N–H and O–H groups in total. The Balaban J connectivity index is 1.78. The van der Waals surface area contributed by atoms with Crippen molar-refractivity contribution in [3.05, 3.63) is 61.2 Å². The summed E-state index contributed by atoms with van der Waals surface area (Å²) >= 11 is 5.42. The number of hydrogen-bond donors (Lipinski definition) is 1. The number of fused-ring (bicyclic) bond motifs is 1. The fraction of sp³-hybridized carbons (Fsp3) is 0.536. The first-order valence-electron chi connectivity index (χ1n) is 12.8. The Morgan fingerprint density at radius 3 is 2.51 bits per heavy atom. The van der Waals surface area contributed by atoms with Crippen LogP contribution in [0.2, 0.25) is 0 Å². The Bertz CT molecular complexity index is 1050. The quantitative estimate of drug-likeness (QED) is 0.317. The van der Waals surface area contributed by atoms with Gasteiger partial charge in [-0.05, 0) is 18.4 Å². The second kappa shape index (κ2) is 11.3. The van der Waals surface area contributed by atoms with Gasteiger partial charge >= 0.3 is 0 Å². The number of thioether (sulfide) groups is 1. The highest BCUT2D eigenvalue weighted by molar-refractivity contribution is 9.09. The van der Waals surface area contributed by atoms with Crippen LogP contribution in [0.4, 0.5) is 0 Å². The Morgan fingerprint density at radius 2 is 1.92 bits per heavy atom. The Labute approximate surface area is 232 Å². The number of aliphatic hydroxyl groups is 1. The zero-order valence-electron chi connectivity index (χ0n) is 21.5. The second-order valence-corrected chi connectivity index (χ2v) is 12.9. The third kappa shape index (κ3) is 4.68. The smallest absolute Gasteiger partial charge is 0.247 e. The molecule has 3 aliphatic heterocycles. The summed E-state index contributed by atoms with van der Waals surface area (Å²) in [6, 6.07) is 8.47. The van der Waals surface area contributed by atoms with Gasteiger partial charge in [-0.15, -0.1) is 24.9 Å². The van der Waals surface area contributed by atoms with E-state index >= 15 is 0 Å². The number of rotatable bonds is 11. The zero-order chi connectivity index (χ0) is 26.9. The molecule has 0 saturated carbocycles. The van der Waals surface area contributed by atoms with Gasteiger partial charge in [-0.25, -0.2) is 0 Å². The van der Waals surface area contributed by atoms with Gasteiger partial charge in [-0.2, -0.15) is 0 Å². The Kier molecular flexibility index (Phi) is 8.55. The maximum atomic E-state index is 14.4. The van der Waals surface area contributed by atoms with Gasteiger partial charge in [-0.1, -0.05) is 65.3 Å². The van der Waals surface area contributed by atoms with Crippen LogP contribution in [0.5, 0.6) is 0 Å². The molecule has 1 spiro atoms. The van der Waals surface area contributed by atoms with Crippen LogP contribution in [0.1, 0.15) is 25.3 Å². The van der Waals surface area contributed by atoms with Crippen LogP contribution in [-0.4, -0.2) is 91.2 Å². The van der Waals surface area contributed by atoms with E-state index in [-0.39, 0.29) is 34.4 Å². The molecule has 3 aliphatic rings.